The fourth-order valence-corrected chi connectivity index (χ4v) is 1.68. The van der Waals surface area contributed by atoms with Crippen molar-refractivity contribution in [1.82, 2.24) is 14.9 Å². The Labute approximate surface area is 126 Å². The number of carbonyl (C=O) groups is 2. The van der Waals surface area contributed by atoms with Gasteiger partial charge in [0, 0.05) is 25.3 Å². The summed E-state index contributed by atoms with van der Waals surface area (Å²) >= 11 is 5.61. The molecule has 1 heterocycles. The van der Waals surface area contributed by atoms with Crippen molar-refractivity contribution in [2.24, 2.45) is 0 Å². The molecular weight excluding hydrogens is 292 g/mol. The molecule has 2 amide bonds. The van der Waals surface area contributed by atoms with Crippen LogP contribution < -0.4 is 5.32 Å². The molecule has 1 N–H and O–H groups in total. The van der Waals surface area contributed by atoms with Gasteiger partial charge in [-0.1, -0.05) is 11.6 Å². The summed E-state index contributed by atoms with van der Waals surface area (Å²) < 4.78 is 0. The minimum Gasteiger partial charge on any atom is -0.345 e. The van der Waals surface area contributed by atoms with Gasteiger partial charge in [0.25, 0.3) is 11.8 Å². The van der Waals surface area contributed by atoms with E-state index < -0.39 is 5.91 Å². The summed E-state index contributed by atoms with van der Waals surface area (Å²) in [5.41, 5.74) is 1.27. The molecule has 0 bridgehead atoms. The number of nitrogens with one attached hydrogen (secondary N) is 1. The van der Waals surface area contributed by atoms with Gasteiger partial charge in [-0.25, -0.2) is 9.97 Å². The van der Waals surface area contributed by atoms with Gasteiger partial charge >= 0.3 is 0 Å². The van der Waals surface area contributed by atoms with E-state index in [1.54, 1.807) is 38.4 Å². The highest BCUT2D eigenvalue weighted by Gasteiger charge is 2.10. The van der Waals surface area contributed by atoms with Crippen molar-refractivity contribution >= 4 is 29.1 Å². The Morgan fingerprint density at radius 2 is 1.76 bits per heavy atom. The highest BCUT2D eigenvalue weighted by molar-refractivity contribution is 6.29. The van der Waals surface area contributed by atoms with Crippen LogP contribution in [0.5, 0.6) is 0 Å². The summed E-state index contributed by atoms with van der Waals surface area (Å²) in [5, 5.41) is 2.88. The predicted molar refractivity (Wildman–Crippen MR) is 79.5 cm³/mol. The maximum Gasteiger partial charge on any atom is 0.275 e. The van der Waals surface area contributed by atoms with E-state index in [1.807, 2.05) is 0 Å². The van der Waals surface area contributed by atoms with Crippen molar-refractivity contribution in [3.63, 3.8) is 0 Å². The van der Waals surface area contributed by atoms with Gasteiger partial charge in [-0.3, -0.25) is 9.59 Å². The second-order valence-corrected chi connectivity index (χ2v) is 4.84. The van der Waals surface area contributed by atoms with Crippen LogP contribution in [0.15, 0.2) is 36.7 Å². The van der Waals surface area contributed by atoms with Crippen LogP contribution in [0, 0.1) is 0 Å². The van der Waals surface area contributed by atoms with Crippen LogP contribution in [0.4, 0.5) is 5.69 Å². The smallest absolute Gasteiger partial charge is 0.275 e. The second-order valence-electron chi connectivity index (χ2n) is 4.46. The molecule has 0 atom stereocenters. The molecule has 0 saturated heterocycles. The van der Waals surface area contributed by atoms with Gasteiger partial charge in [-0.2, -0.15) is 0 Å². The number of carbonyl (C=O) groups excluding carboxylic acids is 2. The second kappa shape index (κ2) is 6.32. The number of amides is 2. The molecule has 0 unspecified atom stereocenters. The molecule has 0 saturated carbocycles. The summed E-state index contributed by atoms with van der Waals surface area (Å²) in [7, 11) is 3.36. The van der Waals surface area contributed by atoms with Gasteiger partial charge < -0.3 is 10.2 Å². The summed E-state index contributed by atoms with van der Waals surface area (Å²) in [6.45, 7) is 0. The first kappa shape index (κ1) is 14.9. The van der Waals surface area contributed by atoms with E-state index in [0.717, 1.165) is 0 Å². The first-order chi connectivity index (χ1) is 9.97. The van der Waals surface area contributed by atoms with E-state index in [9.17, 15) is 9.59 Å². The number of rotatable bonds is 3. The van der Waals surface area contributed by atoms with Crippen molar-refractivity contribution in [2.75, 3.05) is 19.4 Å². The predicted octanol–water partition coefficient (Wildman–Crippen LogP) is 2.08. The zero-order chi connectivity index (χ0) is 15.4. The molecule has 7 heteroatoms. The third-order valence-electron chi connectivity index (χ3n) is 2.65. The van der Waals surface area contributed by atoms with Gasteiger partial charge in [-0.15, -0.1) is 0 Å². The lowest BCUT2D eigenvalue weighted by atomic mass is 10.2. The molecule has 0 fully saturated rings. The number of anilines is 1. The quantitative estimate of drug-likeness (QED) is 0.942. The fraction of sp³-hybridized carbons (Fsp3) is 0.143. The van der Waals surface area contributed by atoms with Gasteiger partial charge in [0.1, 0.15) is 10.8 Å². The van der Waals surface area contributed by atoms with Crippen LogP contribution in [0.2, 0.25) is 5.15 Å². The molecule has 1 aromatic heterocycles. The number of hydrogen-bond donors (Lipinski definition) is 1. The van der Waals surface area contributed by atoms with E-state index in [1.165, 1.54) is 17.3 Å². The lowest BCUT2D eigenvalue weighted by molar-refractivity contribution is 0.0827. The Bertz CT molecular complexity index is 654. The zero-order valence-electron chi connectivity index (χ0n) is 11.5. The normalized spacial score (nSPS) is 10.0. The van der Waals surface area contributed by atoms with E-state index in [4.69, 9.17) is 11.6 Å². The van der Waals surface area contributed by atoms with Crippen LogP contribution in [0.25, 0.3) is 0 Å². The molecule has 2 aromatic rings. The van der Waals surface area contributed by atoms with Crippen LogP contribution in [-0.4, -0.2) is 40.8 Å². The van der Waals surface area contributed by atoms with Crippen molar-refractivity contribution in [1.29, 1.82) is 0 Å². The number of halogens is 1. The highest BCUT2D eigenvalue weighted by Crippen LogP contribution is 2.12. The van der Waals surface area contributed by atoms with Crippen LogP contribution in [0.3, 0.4) is 0 Å². The highest BCUT2D eigenvalue weighted by atomic mass is 35.5. The van der Waals surface area contributed by atoms with E-state index in [0.29, 0.717) is 11.3 Å². The SMILES string of the molecule is CN(C)C(=O)c1ccc(NC(=O)c2cnc(Cl)cn2)cc1. The van der Waals surface area contributed by atoms with Gasteiger partial charge in [0.05, 0.1) is 12.4 Å². The molecule has 0 aliphatic heterocycles. The lowest BCUT2D eigenvalue weighted by Gasteiger charge is -2.10. The average Bonchev–Trinajstić information content (AvgIpc) is 2.47. The molecule has 0 radical (unpaired) electrons. The number of hydrogen-bond acceptors (Lipinski definition) is 4. The van der Waals surface area contributed by atoms with Crippen molar-refractivity contribution < 1.29 is 9.59 Å². The van der Waals surface area contributed by atoms with Gasteiger partial charge in [0.15, 0.2) is 0 Å². The zero-order valence-corrected chi connectivity index (χ0v) is 12.3. The molecule has 21 heavy (non-hydrogen) atoms. The summed E-state index contributed by atoms with van der Waals surface area (Å²) in [4.78, 5) is 32.8. The minimum absolute atomic E-state index is 0.101. The Balaban J connectivity index is 2.08. The van der Waals surface area contributed by atoms with Crippen molar-refractivity contribution in [3.8, 4) is 0 Å². The topological polar surface area (TPSA) is 75.2 Å². The summed E-state index contributed by atoms with van der Waals surface area (Å²) in [6, 6.07) is 6.59. The van der Waals surface area contributed by atoms with Crippen LogP contribution in [-0.2, 0) is 0 Å². The standard InChI is InChI=1S/C14H13ClN4O2/c1-19(2)14(21)9-3-5-10(6-4-9)18-13(20)11-7-17-12(15)8-16-11/h3-8H,1-2H3,(H,18,20). The molecule has 0 aliphatic rings. The Kier molecular flexibility index (Phi) is 4.49. The van der Waals surface area contributed by atoms with Crippen LogP contribution >= 0.6 is 11.6 Å². The molecule has 0 spiro atoms. The third-order valence-corrected chi connectivity index (χ3v) is 2.84. The largest absolute Gasteiger partial charge is 0.345 e. The molecule has 108 valence electrons. The molecule has 6 nitrogen and oxygen atoms in total. The monoisotopic (exact) mass is 304 g/mol. The lowest BCUT2D eigenvalue weighted by Crippen LogP contribution is -2.21. The first-order valence-corrected chi connectivity index (χ1v) is 6.46. The molecule has 1 aromatic carbocycles. The van der Waals surface area contributed by atoms with Crippen molar-refractivity contribution in [2.45, 2.75) is 0 Å². The van der Waals surface area contributed by atoms with E-state index >= 15 is 0 Å². The van der Waals surface area contributed by atoms with Gasteiger partial charge in [0.2, 0.25) is 0 Å². The first-order valence-electron chi connectivity index (χ1n) is 6.08. The molecule has 0 aliphatic carbocycles. The maximum absolute atomic E-state index is 11.9. The Hall–Kier alpha value is -2.47. The summed E-state index contributed by atoms with van der Waals surface area (Å²) in [5.74, 6) is -0.498. The third kappa shape index (κ3) is 3.76. The molecule has 2 rings (SSSR count). The number of benzene rings is 1. The summed E-state index contributed by atoms with van der Waals surface area (Å²) in [6.07, 6.45) is 2.59. The minimum atomic E-state index is -0.397. The molecular formula is C14H13ClN4O2. The Morgan fingerprint density at radius 1 is 1.10 bits per heavy atom. The van der Waals surface area contributed by atoms with E-state index in [2.05, 4.69) is 15.3 Å². The van der Waals surface area contributed by atoms with Gasteiger partial charge in [-0.05, 0) is 24.3 Å². The van der Waals surface area contributed by atoms with Crippen molar-refractivity contribution in [3.05, 3.63) is 53.1 Å². The fourth-order valence-electron chi connectivity index (χ4n) is 1.58. The van der Waals surface area contributed by atoms with Crippen LogP contribution in [0.1, 0.15) is 20.8 Å². The number of aromatic nitrogens is 2. The Morgan fingerprint density at radius 3 is 2.29 bits per heavy atom. The number of nitrogens with zero attached hydrogens (tertiary/aromatic N) is 3. The van der Waals surface area contributed by atoms with E-state index in [-0.39, 0.29) is 16.8 Å². The average molecular weight is 305 g/mol. The maximum atomic E-state index is 11.9.